The van der Waals surface area contributed by atoms with Crippen LogP contribution in [0.15, 0.2) is 59.8 Å². The van der Waals surface area contributed by atoms with Crippen LogP contribution in [0.1, 0.15) is 31.0 Å². The highest BCUT2D eigenvalue weighted by atomic mass is 32.1. The average molecular weight is 454 g/mol. The van der Waals surface area contributed by atoms with E-state index in [0.29, 0.717) is 16.4 Å². The molecule has 168 valence electrons. The molecule has 7 nitrogen and oxygen atoms in total. The number of carbonyl (C=O) groups excluding carboxylic acids is 2. The SMILES string of the molecule is CCOC(=O)C1=C(C)N(C)C(=S)NC1c1ccc(NC(=O)Cc2ccc(OC)cc2)cc1. The van der Waals surface area contributed by atoms with E-state index in [1.165, 1.54) is 0 Å². The highest BCUT2D eigenvalue weighted by molar-refractivity contribution is 7.80. The van der Waals surface area contributed by atoms with Crippen molar-refractivity contribution in [2.75, 3.05) is 26.1 Å². The summed E-state index contributed by atoms with van der Waals surface area (Å²) >= 11 is 5.41. The molecule has 2 N–H and O–H groups in total. The van der Waals surface area contributed by atoms with Crippen molar-refractivity contribution in [3.05, 3.63) is 70.9 Å². The summed E-state index contributed by atoms with van der Waals surface area (Å²) in [5, 5.41) is 6.63. The lowest BCUT2D eigenvalue weighted by molar-refractivity contribution is -0.139. The zero-order valence-corrected chi connectivity index (χ0v) is 19.4. The van der Waals surface area contributed by atoms with Gasteiger partial charge in [-0.1, -0.05) is 24.3 Å². The zero-order valence-electron chi connectivity index (χ0n) is 18.6. The van der Waals surface area contributed by atoms with Gasteiger partial charge in [0.25, 0.3) is 0 Å². The number of nitrogens with one attached hydrogen (secondary N) is 2. The van der Waals surface area contributed by atoms with E-state index < -0.39 is 6.04 Å². The van der Waals surface area contributed by atoms with Crippen LogP contribution in [0.25, 0.3) is 0 Å². The lowest BCUT2D eigenvalue weighted by Gasteiger charge is -2.35. The van der Waals surface area contributed by atoms with Gasteiger partial charge in [-0.3, -0.25) is 4.79 Å². The van der Waals surface area contributed by atoms with E-state index in [4.69, 9.17) is 21.7 Å². The molecule has 0 saturated carbocycles. The van der Waals surface area contributed by atoms with E-state index in [-0.39, 0.29) is 24.9 Å². The predicted molar refractivity (Wildman–Crippen MR) is 127 cm³/mol. The Morgan fingerprint density at radius 3 is 2.38 bits per heavy atom. The van der Waals surface area contributed by atoms with E-state index in [9.17, 15) is 9.59 Å². The van der Waals surface area contributed by atoms with Crippen molar-refractivity contribution in [2.24, 2.45) is 0 Å². The highest BCUT2D eigenvalue weighted by Crippen LogP contribution is 2.31. The molecule has 1 heterocycles. The summed E-state index contributed by atoms with van der Waals surface area (Å²) in [7, 11) is 3.41. The number of hydrogen-bond acceptors (Lipinski definition) is 5. The predicted octanol–water partition coefficient (Wildman–Crippen LogP) is 3.57. The van der Waals surface area contributed by atoms with Gasteiger partial charge in [0.1, 0.15) is 5.75 Å². The molecular weight excluding hydrogens is 426 g/mol. The number of ether oxygens (including phenoxy) is 2. The van der Waals surface area contributed by atoms with Crippen molar-refractivity contribution in [3.63, 3.8) is 0 Å². The van der Waals surface area contributed by atoms with Gasteiger partial charge in [-0.2, -0.15) is 0 Å². The van der Waals surface area contributed by atoms with Gasteiger partial charge < -0.3 is 25.0 Å². The molecule has 0 spiro atoms. The van der Waals surface area contributed by atoms with Crippen molar-refractivity contribution in [1.29, 1.82) is 0 Å². The summed E-state index contributed by atoms with van der Waals surface area (Å²) in [6, 6.07) is 14.3. The second-order valence-corrected chi connectivity index (χ2v) is 7.74. The van der Waals surface area contributed by atoms with Gasteiger partial charge in [-0.25, -0.2) is 4.79 Å². The lowest BCUT2D eigenvalue weighted by atomic mass is 9.95. The maximum atomic E-state index is 12.6. The Kier molecular flexibility index (Phi) is 7.48. The number of rotatable bonds is 7. The molecule has 1 unspecified atom stereocenters. The standard InChI is InChI=1S/C24H27N3O4S/c1-5-31-23(29)21-15(2)27(3)24(32)26-22(21)17-8-10-18(11-9-17)25-20(28)14-16-6-12-19(30-4)13-7-16/h6-13,22H,5,14H2,1-4H3,(H,25,28)(H,26,32). The number of allylic oxidation sites excluding steroid dienone is 1. The summed E-state index contributed by atoms with van der Waals surface area (Å²) in [5.41, 5.74) is 3.66. The van der Waals surface area contributed by atoms with Gasteiger partial charge in [0.2, 0.25) is 5.91 Å². The van der Waals surface area contributed by atoms with Crippen LogP contribution in [0.3, 0.4) is 0 Å². The summed E-state index contributed by atoms with van der Waals surface area (Å²) < 4.78 is 10.4. The molecule has 1 amide bonds. The second-order valence-electron chi connectivity index (χ2n) is 7.36. The van der Waals surface area contributed by atoms with E-state index >= 15 is 0 Å². The first-order valence-corrected chi connectivity index (χ1v) is 10.7. The smallest absolute Gasteiger partial charge is 0.338 e. The topological polar surface area (TPSA) is 79.9 Å². The van der Waals surface area contributed by atoms with Crippen molar-refractivity contribution in [1.82, 2.24) is 10.2 Å². The van der Waals surface area contributed by atoms with E-state index in [0.717, 1.165) is 22.6 Å². The first-order chi connectivity index (χ1) is 15.3. The van der Waals surface area contributed by atoms with Crippen LogP contribution in [0.4, 0.5) is 5.69 Å². The number of amides is 1. The molecule has 0 saturated heterocycles. The third kappa shape index (κ3) is 5.26. The molecule has 0 radical (unpaired) electrons. The number of carbonyl (C=O) groups is 2. The number of esters is 1. The molecule has 32 heavy (non-hydrogen) atoms. The second kappa shape index (κ2) is 10.3. The third-order valence-electron chi connectivity index (χ3n) is 5.30. The fourth-order valence-electron chi connectivity index (χ4n) is 3.45. The molecule has 1 aliphatic rings. The van der Waals surface area contributed by atoms with Crippen molar-refractivity contribution < 1.29 is 19.1 Å². The van der Waals surface area contributed by atoms with Crippen LogP contribution in [-0.2, 0) is 20.7 Å². The quantitative estimate of drug-likeness (QED) is 0.490. The van der Waals surface area contributed by atoms with Gasteiger partial charge in [0.15, 0.2) is 5.11 Å². The fraction of sp³-hybridized carbons (Fsp3) is 0.292. The average Bonchev–Trinajstić information content (AvgIpc) is 2.78. The van der Waals surface area contributed by atoms with E-state index in [1.807, 2.05) is 62.5 Å². The molecule has 0 aliphatic carbocycles. The van der Waals surface area contributed by atoms with E-state index in [1.54, 1.807) is 18.9 Å². The zero-order chi connectivity index (χ0) is 23.3. The van der Waals surface area contributed by atoms with Crippen molar-refractivity contribution in [3.8, 4) is 5.75 Å². The maximum absolute atomic E-state index is 12.6. The number of benzene rings is 2. The van der Waals surface area contributed by atoms with Crippen LogP contribution in [-0.4, -0.2) is 42.7 Å². The molecule has 8 heteroatoms. The third-order valence-corrected chi connectivity index (χ3v) is 5.69. The molecule has 1 aliphatic heterocycles. The molecule has 3 rings (SSSR count). The molecule has 2 aromatic carbocycles. The largest absolute Gasteiger partial charge is 0.497 e. The van der Waals surface area contributed by atoms with Crippen LogP contribution < -0.4 is 15.4 Å². The summed E-state index contributed by atoms with van der Waals surface area (Å²) in [6.45, 7) is 3.91. The van der Waals surface area contributed by atoms with Crippen LogP contribution >= 0.6 is 12.2 Å². The first kappa shape index (κ1) is 23.3. The summed E-state index contributed by atoms with van der Waals surface area (Å²) in [6.07, 6.45) is 0.255. The van der Waals surface area contributed by atoms with Gasteiger partial charge >= 0.3 is 5.97 Å². The molecule has 0 aromatic heterocycles. The molecule has 2 aromatic rings. The number of hydrogen-bond donors (Lipinski definition) is 2. The lowest BCUT2D eigenvalue weighted by Crippen LogP contribution is -2.46. The van der Waals surface area contributed by atoms with Crippen LogP contribution in [0.2, 0.25) is 0 Å². The highest BCUT2D eigenvalue weighted by Gasteiger charge is 2.33. The first-order valence-electron chi connectivity index (χ1n) is 10.3. The normalized spacial score (nSPS) is 15.8. The molecule has 0 fully saturated rings. The van der Waals surface area contributed by atoms with Gasteiger partial charge in [-0.15, -0.1) is 0 Å². The van der Waals surface area contributed by atoms with Crippen molar-refractivity contribution >= 4 is 34.9 Å². The number of methoxy groups -OCH3 is 1. The minimum atomic E-state index is -0.429. The fourth-order valence-corrected chi connectivity index (χ4v) is 3.71. The molecular formula is C24H27N3O4S. The minimum absolute atomic E-state index is 0.121. The monoisotopic (exact) mass is 453 g/mol. The minimum Gasteiger partial charge on any atom is -0.497 e. The summed E-state index contributed by atoms with van der Waals surface area (Å²) in [4.78, 5) is 26.8. The Hall–Kier alpha value is -3.39. The van der Waals surface area contributed by atoms with Gasteiger partial charge in [0, 0.05) is 18.4 Å². The Labute approximate surface area is 193 Å². The Bertz CT molecular complexity index is 1030. The maximum Gasteiger partial charge on any atom is 0.338 e. The number of nitrogens with zero attached hydrogens (tertiary/aromatic N) is 1. The Balaban J connectivity index is 1.73. The van der Waals surface area contributed by atoms with Gasteiger partial charge in [0.05, 0.1) is 31.8 Å². The Morgan fingerprint density at radius 2 is 1.78 bits per heavy atom. The molecule has 1 atom stereocenters. The summed E-state index contributed by atoms with van der Waals surface area (Å²) in [5.74, 6) is 0.247. The number of thiocarbonyl (C=S) groups is 1. The number of anilines is 1. The Morgan fingerprint density at radius 1 is 1.12 bits per heavy atom. The van der Waals surface area contributed by atoms with E-state index in [2.05, 4.69) is 10.6 Å². The van der Waals surface area contributed by atoms with Crippen LogP contribution in [0.5, 0.6) is 5.75 Å². The van der Waals surface area contributed by atoms with Crippen LogP contribution in [0, 0.1) is 0 Å². The van der Waals surface area contributed by atoms with Crippen molar-refractivity contribution in [2.45, 2.75) is 26.3 Å². The molecule has 0 bridgehead atoms. The van der Waals surface area contributed by atoms with Gasteiger partial charge in [-0.05, 0) is 61.5 Å².